The van der Waals surface area contributed by atoms with Crippen LogP contribution in [0.1, 0.15) is 33.6 Å². The molecule has 1 saturated heterocycles. The van der Waals surface area contributed by atoms with Gasteiger partial charge in [0.25, 0.3) is 11.8 Å². The lowest BCUT2D eigenvalue weighted by Crippen LogP contribution is -2.40. The smallest absolute Gasteiger partial charge is 0.258 e. The molecule has 0 saturated carbocycles. The maximum atomic E-state index is 12.8. The van der Waals surface area contributed by atoms with Crippen LogP contribution in [0.2, 0.25) is 0 Å². The number of nitrogens with two attached hydrogens (primary N) is 1. The highest BCUT2D eigenvalue weighted by Gasteiger charge is 2.28. The fraction of sp³-hybridized carbons (Fsp3) is 0.300. The zero-order chi connectivity index (χ0) is 17.8. The van der Waals surface area contributed by atoms with Gasteiger partial charge in [0, 0.05) is 43.0 Å². The van der Waals surface area contributed by atoms with Gasteiger partial charge in [0.05, 0.1) is 0 Å². The van der Waals surface area contributed by atoms with Gasteiger partial charge >= 0.3 is 0 Å². The Morgan fingerprint density at radius 2 is 1.84 bits per heavy atom. The molecular weight excluding hydrogens is 314 g/mol. The monoisotopic (exact) mass is 337 g/mol. The third kappa shape index (κ3) is 3.56. The van der Waals surface area contributed by atoms with Crippen LogP contribution in [-0.4, -0.2) is 42.9 Å². The fourth-order valence-electron chi connectivity index (χ4n) is 3.26. The molecule has 0 spiro atoms. The Balaban J connectivity index is 1.81. The van der Waals surface area contributed by atoms with E-state index in [9.17, 15) is 9.59 Å². The summed E-state index contributed by atoms with van der Waals surface area (Å²) in [5, 5.41) is 0. The van der Waals surface area contributed by atoms with Gasteiger partial charge in [-0.2, -0.15) is 0 Å². The molecule has 0 radical (unpaired) electrons. The quantitative estimate of drug-likeness (QED) is 0.932. The Labute approximate surface area is 148 Å². The molecule has 0 bridgehead atoms. The van der Waals surface area contributed by atoms with Gasteiger partial charge in [-0.3, -0.25) is 9.59 Å². The molecular formula is C20H23N3O2. The summed E-state index contributed by atoms with van der Waals surface area (Å²) in [5.41, 5.74) is 7.62. The van der Waals surface area contributed by atoms with Crippen molar-refractivity contribution >= 4 is 17.5 Å². The van der Waals surface area contributed by atoms with Crippen LogP contribution in [0.3, 0.4) is 0 Å². The largest absolute Gasteiger partial charge is 0.334 e. The first-order valence-electron chi connectivity index (χ1n) is 8.56. The van der Waals surface area contributed by atoms with Crippen molar-refractivity contribution in [2.45, 2.75) is 18.9 Å². The van der Waals surface area contributed by atoms with E-state index >= 15 is 0 Å². The molecule has 1 aliphatic rings. The highest BCUT2D eigenvalue weighted by molar-refractivity contribution is 6.07. The van der Waals surface area contributed by atoms with Gasteiger partial charge in [-0.05, 0) is 43.2 Å². The number of carbonyl (C=O) groups is 2. The van der Waals surface area contributed by atoms with Gasteiger partial charge in [-0.15, -0.1) is 0 Å². The summed E-state index contributed by atoms with van der Waals surface area (Å²) in [6, 6.07) is 16.5. The topological polar surface area (TPSA) is 66.6 Å². The predicted molar refractivity (Wildman–Crippen MR) is 98.7 cm³/mol. The number of nitrogens with zero attached hydrogens (tertiary/aromatic N) is 2. The predicted octanol–water partition coefficient (Wildman–Crippen LogP) is 2.53. The van der Waals surface area contributed by atoms with Crippen molar-refractivity contribution < 1.29 is 9.59 Å². The fourth-order valence-corrected chi connectivity index (χ4v) is 3.26. The zero-order valence-corrected chi connectivity index (χ0v) is 14.4. The van der Waals surface area contributed by atoms with Crippen molar-refractivity contribution in [1.29, 1.82) is 0 Å². The van der Waals surface area contributed by atoms with Gasteiger partial charge in [0.2, 0.25) is 0 Å². The molecule has 1 heterocycles. The molecule has 5 nitrogen and oxygen atoms in total. The van der Waals surface area contributed by atoms with E-state index in [-0.39, 0.29) is 17.9 Å². The SMILES string of the molecule is CN(C(=O)c1cccc(C(=O)N2CCCC2CN)c1)c1ccccc1. The Hall–Kier alpha value is -2.66. The van der Waals surface area contributed by atoms with Crippen LogP contribution in [0.25, 0.3) is 0 Å². The second-order valence-electron chi connectivity index (χ2n) is 6.31. The number of likely N-dealkylation sites (tertiary alicyclic amines) is 1. The number of rotatable bonds is 4. The van der Waals surface area contributed by atoms with Gasteiger partial charge < -0.3 is 15.5 Å². The average Bonchev–Trinajstić information content (AvgIpc) is 3.15. The molecule has 130 valence electrons. The Bertz CT molecular complexity index is 761. The first-order chi connectivity index (χ1) is 12.1. The standard InChI is InChI=1S/C20H23N3O2/c1-22(17-9-3-2-4-10-17)19(24)15-7-5-8-16(13-15)20(25)23-12-6-11-18(23)14-21/h2-5,7-10,13,18H,6,11-12,14,21H2,1H3. The van der Waals surface area contributed by atoms with E-state index in [1.807, 2.05) is 35.2 Å². The lowest BCUT2D eigenvalue weighted by molar-refractivity contribution is 0.0741. The van der Waals surface area contributed by atoms with Gasteiger partial charge in [0.1, 0.15) is 0 Å². The van der Waals surface area contributed by atoms with E-state index in [1.54, 1.807) is 36.2 Å². The van der Waals surface area contributed by atoms with Gasteiger partial charge in [-0.1, -0.05) is 24.3 Å². The van der Waals surface area contributed by atoms with Crippen LogP contribution in [0, 0.1) is 0 Å². The summed E-state index contributed by atoms with van der Waals surface area (Å²) >= 11 is 0. The van der Waals surface area contributed by atoms with Crippen LogP contribution in [0.5, 0.6) is 0 Å². The molecule has 2 aromatic rings. The zero-order valence-electron chi connectivity index (χ0n) is 14.4. The number of hydrogen-bond donors (Lipinski definition) is 1. The van der Waals surface area contributed by atoms with Crippen LogP contribution >= 0.6 is 0 Å². The van der Waals surface area contributed by atoms with Crippen molar-refractivity contribution in [3.63, 3.8) is 0 Å². The minimum atomic E-state index is -0.141. The number of benzene rings is 2. The molecule has 1 aliphatic heterocycles. The van der Waals surface area contributed by atoms with Crippen molar-refractivity contribution in [3.05, 3.63) is 65.7 Å². The summed E-state index contributed by atoms with van der Waals surface area (Å²) < 4.78 is 0. The highest BCUT2D eigenvalue weighted by atomic mass is 16.2. The lowest BCUT2D eigenvalue weighted by Gasteiger charge is -2.24. The van der Waals surface area contributed by atoms with Gasteiger partial charge in [-0.25, -0.2) is 0 Å². The minimum absolute atomic E-state index is 0.0510. The van der Waals surface area contributed by atoms with E-state index in [0.717, 1.165) is 25.1 Å². The first kappa shape index (κ1) is 17.2. The lowest BCUT2D eigenvalue weighted by atomic mass is 10.1. The van der Waals surface area contributed by atoms with Gasteiger partial charge in [0.15, 0.2) is 0 Å². The number of para-hydroxylation sites is 1. The Morgan fingerprint density at radius 3 is 2.56 bits per heavy atom. The molecule has 2 aromatic carbocycles. The summed E-state index contributed by atoms with van der Waals surface area (Å²) in [7, 11) is 1.73. The highest BCUT2D eigenvalue weighted by Crippen LogP contribution is 2.21. The number of anilines is 1. The third-order valence-electron chi connectivity index (χ3n) is 4.71. The van der Waals surface area contributed by atoms with E-state index < -0.39 is 0 Å². The Kier molecular flexibility index (Phi) is 5.14. The number of amides is 2. The molecule has 1 unspecified atom stereocenters. The van der Waals surface area contributed by atoms with E-state index in [0.29, 0.717) is 17.7 Å². The molecule has 0 aliphatic carbocycles. The van der Waals surface area contributed by atoms with Crippen LogP contribution in [-0.2, 0) is 0 Å². The second-order valence-corrected chi connectivity index (χ2v) is 6.31. The summed E-state index contributed by atoms with van der Waals surface area (Å²) in [6.07, 6.45) is 1.92. The van der Waals surface area contributed by atoms with Crippen molar-refractivity contribution in [2.24, 2.45) is 5.73 Å². The summed E-state index contributed by atoms with van der Waals surface area (Å²) in [5.74, 6) is -0.192. The molecule has 2 N–H and O–H groups in total. The average molecular weight is 337 g/mol. The summed E-state index contributed by atoms with van der Waals surface area (Å²) in [4.78, 5) is 28.9. The van der Waals surface area contributed by atoms with Crippen molar-refractivity contribution in [1.82, 2.24) is 4.90 Å². The second kappa shape index (κ2) is 7.49. The maximum absolute atomic E-state index is 12.8. The molecule has 5 heteroatoms. The molecule has 1 fully saturated rings. The maximum Gasteiger partial charge on any atom is 0.258 e. The molecule has 1 atom stereocenters. The minimum Gasteiger partial charge on any atom is -0.334 e. The molecule has 3 rings (SSSR count). The molecule has 25 heavy (non-hydrogen) atoms. The Morgan fingerprint density at radius 1 is 1.12 bits per heavy atom. The number of carbonyl (C=O) groups excluding carboxylic acids is 2. The first-order valence-corrected chi connectivity index (χ1v) is 8.56. The van der Waals surface area contributed by atoms with Crippen molar-refractivity contribution in [3.8, 4) is 0 Å². The van der Waals surface area contributed by atoms with Crippen molar-refractivity contribution in [2.75, 3.05) is 25.0 Å². The third-order valence-corrected chi connectivity index (χ3v) is 4.71. The van der Waals surface area contributed by atoms with Crippen LogP contribution < -0.4 is 10.6 Å². The van der Waals surface area contributed by atoms with E-state index in [1.165, 1.54) is 0 Å². The van der Waals surface area contributed by atoms with Crippen LogP contribution in [0.4, 0.5) is 5.69 Å². The molecule has 0 aromatic heterocycles. The number of hydrogen-bond acceptors (Lipinski definition) is 3. The summed E-state index contributed by atoms with van der Waals surface area (Å²) in [6.45, 7) is 1.20. The van der Waals surface area contributed by atoms with E-state index in [2.05, 4.69) is 0 Å². The normalized spacial score (nSPS) is 16.7. The van der Waals surface area contributed by atoms with Crippen LogP contribution in [0.15, 0.2) is 54.6 Å². The van der Waals surface area contributed by atoms with E-state index in [4.69, 9.17) is 5.73 Å². The molecule has 2 amide bonds.